The van der Waals surface area contributed by atoms with E-state index >= 15 is 0 Å². The number of rotatable bonds is 5. The molecule has 0 saturated heterocycles. The van der Waals surface area contributed by atoms with Crippen LogP contribution in [0.2, 0.25) is 5.02 Å². The van der Waals surface area contributed by atoms with E-state index in [-0.39, 0.29) is 11.6 Å². The third-order valence-electron chi connectivity index (χ3n) is 2.45. The minimum atomic E-state index is 0.108. The second-order valence-electron chi connectivity index (χ2n) is 5.21. The molecule has 0 spiro atoms. The molecule has 0 aliphatic carbocycles. The van der Waals surface area contributed by atoms with Gasteiger partial charge in [-0.15, -0.1) is 0 Å². The number of hydrogen-bond donors (Lipinski definition) is 1. The average Bonchev–Trinajstić information content (AvgIpc) is 2.25. The summed E-state index contributed by atoms with van der Waals surface area (Å²) in [5, 5.41) is 4.11. The number of benzene rings is 1. The summed E-state index contributed by atoms with van der Waals surface area (Å²) in [4.78, 5) is 0. The van der Waals surface area contributed by atoms with Gasteiger partial charge in [0, 0.05) is 12.1 Å². The third-order valence-corrected chi connectivity index (χ3v) is 2.76. The molecule has 0 heterocycles. The average molecular weight is 256 g/mol. The zero-order valence-corrected chi connectivity index (χ0v) is 11.8. The molecule has 1 aromatic carbocycles. The second-order valence-corrected chi connectivity index (χ2v) is 5.62. The first kappa shape index (κ1) is 14.3. The summed E-state index contributed by atoms with van der Waals surface area (Å²) >= 11 is 6.07. The largest absolute Gasteiger partial charge is 0.488 e. The van der Waals surface area contributed by atoms with Crippen LogP contribution in [0, 0.1) is 0 Å². The SMILES string of the molecule is CCC(CNC(C)(C)C)Oc1ccccc1Cl. The van der Waals surface area contributed by atoms with E-state index in [1.165, 1.54) is 0 Å². The quantitative estimate of drug-likeness (QED) is 0.862. The Hall–Kier alpha value is -0.730. The molecule has 96 valence electrons. The maximum atomic E-state index is 6.07. The molecule has 1 rings (SSSR count). The molecule has 0 fully saturated rings. The predicted octanol–water partition coefficient (Wildman–Crippen LogP) is 3.89. The van der Waals surface area contributed by atoms with Gasteiger partial charge in [0.25, 0.3) is 0 Å². The standard InChI is InChI=1S/C14H22ClNO/c1-5-11(10-16-14(2,3)4)17-13-9-7-6-8-12(13)15/h6-9,11,16H,5,10H2,1-4H3. The van der Waals surface area contributed by atoms with Crippen LogP contribution in [0.25, 0.3) is 0 Å². The van der Waals surface area contributed by atoms with E-state index in [2.05, 4.69) is 33.0 Å². The van der Waals surface area contributed by atoms with Gasteiger partial charge in [0.05, 0.1) is 5.02 Å². The lowest BCUT2D eigenvalue weighted by molar-refractivity contribution is 0.181. The Morgan fingerprint density at radius 1 is 1.29 bits per heavy atom. The number of hydrogen-bond acceptors (Lipinski definition) is 2. The maximum absolute atomic E-state index is 6.07. The van der Waals surface area contributed by atoms with Gasteiger partial charge < -0.3 is 10.1 Å². The van der Waals surface area contributed by atoms with Crippen molar-refractivity contribution in [1.29, 1.82) is 0 Å². The van der Waals surface area contributed by atoms with Crippen molar-refractivity contribution in [2.24, 2.45) is 0 Å². The Morgan fingerprint density at radius 2 is 1.94 bits per heavy atom. The number of nitrogens with one attached hydrogen (secondary N) is 1. The fourth-order valence-corrected chi connectivity index (χ4v) is 1.59. The lowest BCUT2D eigenvalue weighted by Gasteiger charge is -2.25. The van der Waals surface area contributed by atoms with E-state index in [1.807, 2.05) is 24.3 Å². The van der Waals surface area contributed by atoms with Crippen LogP contribution in [-0.4, -0.2) is 18.2 Å². The minimum absolute atomic E-state index is 0.108. The van der Waals surface area contributed by atoms with E-state index in [0.29, 0.717) is 5.02 Å². The highest BCUT2D eigenvalue weighted by Gasteiger charge is 2.14. The van der Waals surface area contributed by atoms with Gasteiger partial charge in [0.1, 0.15) is 11.9 Å². The molecule has 0 aromatic heterocycles. The van der Waals surface area contributed by atoms with Crippen molar-refractivity contribution in [2.75, 3.05) is 6.54 Å². The Bertz CT molecular complexity index is 346. The molecule has 1 unspecified atom stereocenters. The lowest BCUT2D eigenvalue weighted by atomic mass is 10.1. The molecule has 0 aliphatic heterocycles. The first-order chi connectivity index (χ1) is 7.92. The van der Waals surface area contributed by atoms with E-state index in [9.17, 15) is 0 Å². The molecule has 1 atom stereocenters. The van der Waals surface area contributed by atoms with Gasteiger partial charge in [0.2, 0.25) is 0 Å². The van der Waals surface area contributed by atoms with Crippen molar-refractivity contribution in [3.05, 3.63) is 29.3 Å². The normalized spacial score (nSPS) is 13.5. The van der Waals surface area contributed by atoms with Gasteiger partial charge in [-0.2, -0.15) is 0 Å². The Balaban J connectivity index is 2.56. The zero-order chi connectivity index (χ0) is 12.9. The van der Waals surface area contributed by atoms with Gasteiger partial charge in [0.15, 0.2) is 0 Å². The Kier molecular flexibility index (Phi) is 5.29. The van der Waals surface area contributed by atoms with Crippen molar-refractivity contribution in [2.45, 2.75) is 45.8 Å². The van der Waals surface area contributed by atoms with Crippen molar-refractivity contribution >= 4 is 11.6 Å². The molecule has 0 bridgehead atoms. The number of halogens is 1. The lowest BCUT2D eigenvalue weighted by Crippen LogP contribution is -2.42. The van der Waals surface area contributed by atoms with Crippen molar-refractivity contribution in [1.82, 2.24) is 5.32 Å². The molecule has 0 aliphatic rings. The molecule has 0 saturated carbocycles. The first-order valence-electron chi connectivity index (χ1n) is 6.08. The summed E-state index contributed by atoms with van der Waals surface area (Å²) in [6.45, 7) is 9.39. The fourth-order valence-electron chi connectivity index (χ4n) is 1.41. The zero-order valence-electron chi connectivity index (χ0n) is 11.1. The summed E-state index contributed by atoms with van der Waals surface area (Å²) in [7, 11) is 0. The van der Waals surface area contributed by atoms with Crippen LogP contribution < -0.4 is 10.1 Å². The molecule has 0 amide bonds. The molecular weight excluding hydrogens is 234 g/mol. The van der Waals surface area contributed by atoms with Crippen LogP contribution in [0.1, 0.15) is 34.1 Å². The fraction of sp³-hybridized carbons (Fsp3) is 0.571. The van der Waals surface area contributed by atoms with Crippen molar-refractivity contribution in [3.63, 3.8) is 0 Å². The van der Waals surface area contributed by atoms with Gasteiger partial charge >= 0.3 is 0 Å². The molecule has 1 N–H and O–H groups in total. The van der Waals surface area contributed by atoms with E-state index in [0.717, 1.165) is 18.7 Å². The van der Waals surface area contributed by atoms with Crippen LogP contribution in [0.3, 0.4) is 0 Å². The topological polar surface area (TPSA) is 21.3 Å². The molecular formula is C14H22ClNO. The molecule has 2 nitrogen and oxygen atoms in total. The van der Waals surface area contributed by atoms with Crippen molar-refractivity contribution < 1.29 is 4.74 Å². The van der Waals surface area contributed by atoms with Gasteiger partial charge in [-0.3, -0.25) is 0 Å². The Labute approximate surface area is 109 Å². The summed E-state index contributed by atoms with van der Waals surface area (Å²) < 4.78 is 5.90. The van der Waals surface area contributed by atoms with E-state index in [1.54, 1.807) is 0 Å². The minimum Gasteiger partial charge on any atom is -0.488 e. The smallest absolute Gasteiger partial charge is 0.138 e. The van der Waals surface area contributed by atoms with Crippen LogP contribution in [0.5, 0.6) is 5.75 Å². The summed E-state index contributed by atoms with van der Waals surface area (Å²) in [6, 6.07) is 7.59. The third kappa shape index (κ3) is 5.42. The van der Waals surface area contributed by atoms with Crippen LogP contribution in [-0.2, 0) is 0 Å². The van der Waals surface area contributed by atoms with Gasteiger partial charge in [-0.25, -0.2) is 0 Å². The van der Waals surface area contributed by atoms with Gasteiger partial charge in [-0.1, -0.05) is 30.7 Å². The molecule has 17 heavy (non-hydrogen) atoms. The van der Waals surface area contributed by atoms with E-state index in [4.69, 9.17) is 16.3 Å². The van der Waals surface area contributed by atoms with Crippen LogP contribution in [0.4, 0.5) is 0 Å². The van der Waals surface area contributed by atoms with Crippen LogP contribution in [0.15, 0.2) is 24.3 Å². The predicted molar refractivity (Wildman–Crippen MR) is 73.9 cm³/mol. The highest BCUT2D eigenvalue weighted by molar-refractivity contribution is 6.32. The second kappa shape index (κ2) is 6.27. The highest BCUT2D eigenvalue weighted by atomic mass is 35.5. The summed E-state index contributed by atoms with van der Waals surface area (Å²) in [5.41, 5.74) is 0.108. The monoisotopic (exact) mass is 255 g/mol. The first-order valence-corrected chi connectivity index (χ1v) is 6.46. The molecule has 3 heteroatoms. The molecule has 1 aromatic rings. The van der Waals surface area contributed by atoms with Crippen molar-refractivity contribution in [3.8, 4) is 5.75 Å². The molecule has 0 radical (unpaired) electrons. The Morgan fingerprint density at radius 3 is 2.47 bits per heavy atom. The number of ether oxygens (including phenoxy) is 1. The number of para-hydroxylation sites is 1. The maximum Gasteiger partial charge on any atom is 0.138 e. The van der Waals surface area contributed by atoms with Crippen LogP contribution >= 0.6 is 11.6 Å². The summed E-state index contributed by atoms with van der Waals surface area (Å²) in [6.07, 6.45) is 1.10. The van der Waals surface area contributed by atoms with Gasteiger partial charge in [-0.05, 0) is 39.3 Å². The summed E-state index contributed by atoms with van der Waals surface area (Å²) in [5.74, 6) is 0.761. The van der Waals surface area contributed by atoms with E-state index < -0.39 is 0 Å². The highest BCUT2D eigenvalue weighted by Crippen LogP contribution is 2.24.